The first-order valence-electron chi connectivity index (χ1n) is 12.6. The zero-order valence-electron chi connectivity index (χ0n) is 20.7. The summed E-state index contributed by atoms with van der Waals surface area (Å²) in [5.41, 5.74) is 0.0448. The van der Waals surface area contributed by atoms with Gasteiger partial charge >= 0.3 is 6.09 Å². The van der Waals surface area contributed by atoms with Crippen molar-refractivity contribution in [2.75, 3.05) is 13.2 Å². The predicted molar refractivity (Wildman–Crippen MR) is 129 cm³/mol. The SMILES string of the molecule is CC(C)(C)OC(=O)N1C(CCC2CCCCC2)COC[C@@H]1[C@@H](O)[C@H](Cc1ccccc1)[N+](=O)[O-]. The number of ether oxygens (including phenoxy) is 2. The van der Waals surface area contributed by atoms with Crippen LogP contribution < -0.4 is 0 Å². The van der Waals surface area contributed by atoms with Crippen molar-refractivity contribution in [2.45, 2.75) is 102 Å². The summed E-state index contributed by atoms with van der Waals surface area (Å²) in [4.78, 5) is 26.4. The van der Waals surface area contributed by atoms with Crippen molar-refractivity contribution in [3.63, 3.8) is 0 Å². The quantitative estimate of drug-likeness (QED) is 0.435. The highest BCUT2D eigenvalue weighted by Crippen LogP contribution is 2.31. The number of hydrogen-bond donors (Lipinski definition) is 1. The van der Waals surface area contributed by atoms with Crippen molar-refractivity contribution in [2.24, 2.45) is 5.92 Å². The van der Waals surface area contributed by atoms with Gasteiger partial charge in [0.1, 0.15) is 11.7 Å². The van der Waals surface area contributed by atoms with E-state index in [9.17, 15) is 20.0 Å². The molecular weight excluding hydrogens is 436 g/mol. The fourth-order valence-corrected chi connectivity index (χ4v) is 5.18. The van der Waals surface area contributed by atoms with Crippen molar-refractivity contribution >= 4 is 6.09 Å². The molecule has 0 radical (unpaired) electrons. The monoisotopic (exact) mass is 476 g/mol. The van der Waals surface area contributed by atoms with Crippen LogP contribution in [0.25, 0.3) is 0 Å². The van der Waals surface area contributed by atoms with E-state index in [1.165, 1.54) is 32.1 Å². The van der Waals surface area contributed by atoms with Crippen LogP contribution in [0.3, 0.4) is 0 Å². The molecule has 8 heteroatoms. The summed E-state index contributed by atoms with van der Waals surface area (Å²) < 4.78 is 11.5. The smallest absolute Gasteiger partial charge is 0.411 e. The van der Waals surface area contributed by atoms with Gasteiger partial charge in [-0.15, -0.1) is 0 Å². The molecule has 1 N–H and O–H groups in total. The molecular formula is C26H40N2O6. The van der Waals surface area contributed by atoms with Gasteiger partial charge in [0.2, 0.25) is 6.04 Å². The fraction of sp³-hybridized carbons (Fsp3) is 0.731. The number of aliphatic hydroxyl groups excluding tert-OH is 1. The first-order chi connectivity index (χ1) is 16.2. The highest BCUT2D eigenvalue weighted by molar-refractivity contribution is 5.69. The molecule has 8 nitrogen and oxygen atoms in total. The molecule has 34 heavy (non-hydrogen) atoms. The molecule has 1 saturated carbocycles. The average Bonchev–Trinajstić information content (AvgIpc) is 2.80. The van der Waals surface area contributed by atoms with E-state index < -0.39 is 34.8 Å². The molecule has 1 unspecified atom stereocenters. The Morgan fingerprint density at radius 3 is 2.47 bits per heavy atom. The fourth-order valence-electron chi connectivity index (χ4n) is 5.18. The zero-order chi connectivity index (χ0) is 24.7. The summed E-state index contributed by atoms with van der Waals surface area (Å²) in [5.74, 6) is 0.629. The Kier molecular flexibility index (Phi) is 9.31. The number of nitro groups is 1. The van der Waals surface area contributed by atoms with Gasteiger partial charge < -0.3 is 14.6 Å². The largest absolute Gasteiger partial charge is 0.444 e. The molecule has 0 spiro atoms. The number of carbonyl (C=O) groups is 1. The van der Waals surface area contributed by atoms with Crippen molar-refractivity contribution in [1.29, 1.82) is 0 Å². The number of carbonyl (C=O) groups excluding carboxylic acids is 1. The summed E-state index contributed by atoms with van der Waals surface area (Å²) in [7, 11) is 0. The van der Waals surface area contributed by atoms with Gasteiger partial charge in [-0.2, -0.15) is 0 Å². The summed E-state index contributed by atoms with van der Waals surface area (Å²) in [6, 6.07) is 6.69. The van der Waals surface area contributed by atoms with Crippen molar-refractivity contribution in [3.05, 3.63) is 46.0 Å². The van der Waals surface area contributed by atoms with Gasteiger partial charge in [0.15, 0.2) is 0 Å². The van der Waals surface area contributed by atoms with Crippen LogP contribution in [-0.4, -0.2) is 64.1 Å². The first kappa shape index (κ1) is 26.4. The summed E-state index contributed by atoms with van der Waals surface area (Å²) in [6.07, 6.45) is 6.01. The average molecular weight is 477 g/mol. The van der Waals surface area contributed by atoms with Crippen LogP contribution in [0.1, 0.15) is 71.3 Å². The Morgan fingerprint density at radius 2 is 1.85 bits per heavy atom. The standard InChI is InChI=1S/C26H40N2O6/c1-26(2,3)34-25(30)27-21(15-14-19-10-6-4-7-11-19)17-33-18-23(27)24(29)22(28(31)32)16-20-12-8-5-9-13-20/h5,8-9,12-13,19,21-24,29H,4,6-7,10-11,14-18H2,1-3H3/t21?,22-,23+,24-/m0/s1. The third-order valence-electron chi connectivity index (χ3n) is 6.93. The highest BCUT2D eigenvalue weighted by Gasteiger charge is 2.46. The van der Waals surface area contributed by atoms with Crippen LogP contribution in [0.4, 0.5) is 4.79 Å². The minimum atomic E-state index is -1.39. The lowest BCUT2D eigenvalue weighted by atomic mass is 9.84. The number of benzene rings is 1. The lowest BCUT2D eigenvalue weighted by Gasteiger charge is -2.44. The number of nitrogens with zero attached hydrogens (tertiary/aromatic N) is 2. The second-order valence-corrected chi connectivity index (χ2v) is 10.8. The Bertz CT molecular complexity index is 790. The number of rotatable bonds is 8. The summed E-state index contributed by atoms with van der Waals surface area (Å²) in [5, 5.41) is 23.2. The van der Waals surface area contributed by atoms with E-state index in [0.717, 1.165) is 18.4 Å². The maximum absolute atomic E-state index is 13.3. The third kappa shape index (κ3) is 7.40. The van der Waals surface area contributed by atoms with Crippen molar-refractivity contribution < 1.29 is 24.3 Å². The molecule has 190 valence electrons. The van der Waals surface area contributed by atoms with Gasteiger partial charge in [-0.05, 0) is 45.1 Å². The molecule has 2 aliphatic rings. The topological polar surface area (TPSA) is 102 Å². The summed E-state index contributed by atoms with van der Waals surface area (Å²) in [6.45, 7) is 5.77. The number of aliphatic hydroxyl groups is 1. The second kappa shape index (κ2) is 12.0. The molecule has 1 aromatic carbocycles. The van der Waals surface area contributed by atoms with Gasteiger partial charge in [0.25, 0.3) is 0 Å². The van der Waals surface area contributed by atoms with Crippen LogP contribution in [0.15, 0.2) is 30.3 Å². The van der Waals surface area contributed by atoms with Crippen LogP contribution in [0.2, 0.25) is 0 Å². The van der Waals surface area contributed by atoms with E-state index in [1.807, 2.05) is 18.2 Å². The Hall–Kier alpha value is -2.19. The minimum Gasteiger partial charge on any atom is -0.444 e. The van der Waals surface area contributed by atoms with E-state index in [1.54, 1.807) is 37.8 Å². The van der Waals surface area contributed by atoms with Gasteiger partial charge in [-0.25, -0.2) is 4.79 Å². The lowest BCUT2D eigenvalue weighted by Crippen LogP contribution is -2.63. The van der Waals surface area contributed by atoms with Gasteiger partial charge in [0, 0.05) is 11.3 Å². The number of morpholine rings is 1. The van der Waals surface area contributed by atoms with E-state index in [2.05, 4.69) is 0 Å². The predicted octanol–water partition coefficient (Wildman–Crippen LogP) is 4.60. The third-order valence-corrected chi connectivity index (χ3v) is 6.93. The van der Waals surface area contributed by atoms with Gasteiger partial charge in [0.05, 0.1) is 25.3 Å². The zero-order valence-corrected chi connectivity index (χ0v) is 20.7. The normalized spacial score (nSPS) is 23.8. The molecule has 4 atom stereocenters. The molecule has 1 aromatic rings. The molecule has 2 fully saturated rings. The molecule has 0 aromatic heterocycles. The van der Waals surface area contributed by atoms with E-state index in [0.29, 0.717) is 12.5 Å². The molecule has 1 amide bonds. The Balaban J connectivity index is 1.80. The molecule has 1 aliphatic carbocycles. The second-order valence-electron chi connectivity index (χ2n) is 10.8. The molecule has 1 saturated heterocycles. The minimum absolute atomic E-state index is 0.0411. The maximum Gasteiger partial charge on any atom is 0.411 e. The molecule has 3 rings (SSSR count). The van der Waals surface area contributed by atoms with Crippen molar-refractivity contribution in [3.8, 4) is 0 Å². The van der Waals surface area contributed by atoms with E-state index in [4.69, 9.17) is 9.47 Å². The maximum atomic E-state index is 13.3. The molecule has 1 heterocycles. The van der Waals surface area contributed by atoms with Crippen LogP contribution in [0.5, 0.6) is 0 Å². The summed E-state index contributed by atoms with van der Waals surface area (Å²) >= 11 is 0. The van der Waals surface area contributed by atoms with Gasteiger partial charge in [-0.1, -0.05) is 62.4 Å². The highest BCUT2D eigenvalue weighted by atomic mass is 16.6. The van der Waals surface area contributed by atoms with Crippen LogP contribution >= 0.6 is 0 Å². The van der Waals surface area contributed by atoms with Crippen LogP contribution in [0, 0.1) is 16.0 Å². The van der Waals surface area contributed by atoms with Gasteiger partial charge in [-0.3, -0.25) is 15.0 Å². The lowest BCUT2D eigenvalue weighted by molar-refractivity contribution is -0.536. The van der Waals surface area contributed by atoms with Crippen molar-refractivity contribution in [1.82, 2.24) is 4.90 Å². The van der Waals surface area contributed by atoms with Crippen LogP contribution in [-0.2, 0) is 15.9 Å². The molecule has 1 aliphatic heterocycles. The molecule has 0 bridgehead atoms. The van der Waals surface area contributed by atoms with E-state index in [-0.39, 0.29) is 19.1 Å². The first-order valence-corrected chi connectivity index (χ1v) is 12.6. The van der Waals surface area contributed by atoms with E-state index >= 15 is 0 Å². The Morgan fingerprint density at radius 1 is 1.18 bits per heavy atom. The Labute approximate surface area is 202 Å². The number of hydrogen-bond acceptors (Lipinski definition) is 6. The number of amides is 1.